The Morgan fingerprint density at radius 3 is 2.74 bits per heavy atom. The molecule has 0 heterocycles. The molecule has 0 aliphatic heterocycles. The summed E-state index contributed by atoms with van der Waals surface area (Å²) < 4.78 is 0. The predicted molar refractivity (Wildman–Crippen MR) is 80.7 cm³/mol. The zero-order valence-corrected chi connectivity index (χ0v) is 12.6. The summed E-state index contributed by atoms with van der Waals surface area (Å²) in [7, 11) is 0. The third kappa shape index (κ3) is 8.14. The highest BCUT2D eigenvalue weighted by molar-refractivity contribution is 7.99. The quantitative estimate of drug-likeness (QED) is 0.573. The largest absolute Gasteiger partial charge is 0.393 e. The van der Waals surface area contributed by atoms with Crippen LogP contribution in [0.4, 0.5) is 0 Å². The van der Waals surface area contributed by atoms with Crippen molar-refractivity contribution in [3.63, 3.8) is 0 Å². The number of rotatable bonds is 8. The first kappa shape index (κ1) is 16.3. The maximum atomic E-state index is 11.5. The molecule has 0 saturated heterocycles. The Kier molecular flexibility index (Phi) is 7.94. The SMILES string of the molecule is CC(O)CCCNC(=O)CCSc1ccc(Cl)cc1. The number of halogens is 1. The number of carbonyl (C=O) groups is 1. The predicted octanol–water partition coefficient (Wildman–Crippen LogP) is 3.10. The number of nitrogens with one attached hydrogen (secondary N) is 1. The summed E-state index contributed by atoms with van der Waals surface area (Å²) in [6.45, 7) is 2.39. The third-order valence-corrected chi connectivity index (χ3v) is 3.80. The molecule has 1 aromatic carbocycles. The lowest BCUT2D eigenvalue weighted by Gasteiger charge is -2.06. The zero-order chi connectivity index (χ0) is 14.1. The van der Waals surface area contributed by atoms with Crippen LogP contribution in [0.15, 0.2) is 29.2 Å². The van der Waals surface area contributed by atoms with Crippen molar-refractivity contribution in [2.45, 2.75) is 37.2 Å². The Morgan fingerprint density at radius 2 is 2.11 bits per heavy atom. The van der Waals surface area contributed by atoms with E-state index in [4.69, 9.17) is 16.7 Å². The van der Waals surface area contributed by atoms with Crippen LogP contribution in [-0.2, 0) is 4.79 Å². The van der Waals surface area contributed by atoms with Gasteiger partial charge in [-0.25, -0.2) is 0 Å². The van der Waals surface area contributed by atoms with Crippen molar-refractivity contribution in [3.05, 3.63) is 29.3 Å². The van der Waals surface area contributed by atoms with Crippen LogP contribution in [0.1, 0.15) is 26.2 Å². The fourth-order valence-electron chi connectivity index (χ4n) is 1.51. The Balaban J connectivity index is 2.08. The second-order valence-corrected chi connectivity index (χ2v) is 6.00. The normalized spacial score (nSPS) is 12.2. The van der Waals surface area contributed by atoms with Gasteiger partial charge in [0.15, 0.2) is 0 Å². The molecule has 106 valence electrons. The number of aliphatic hydroxyl groups is 1. The number of benzene rings is 1. The number of hydrogen-bond donors (Lipinski definition) is 2. The van der Waals surface area contributed by atoms with Crippen LogP contribution in [0.5, 0.6) is 0 Å². The standard InChI is InChI=1S/C14H20ClNO2S/c1-11(17)3-2-9-16-14(18)8-10-19-13-6-4-12(15)5-7-13/h4-7,11,17H,2-3,8-10H2,1H3,(H,16,18). The molecule has 0 radical (unpaired) electrons. The Labute approximate surface area is 123 Å². The van der Waals surface area contributed by atoms with Gasteiger partial charge in [-0.2, -0.15) is 0 Å². The molecule has 0 aromatic heterocycles. The zero-order valence-electron chi connectivity index (χ0n) is 11.1. The second kappa shape index (κ2) is 9.23. The molecule has 0 bridgehead atoms. The first-order chi connectivity index (χ1) is 9.08. The molecule has 0 aliphatic carbocycles. The number of hydrogen-bond acceptors (Lipinski definition) is 3. The van der Waals surface area contributed by atoms with Gasteiger partial charge < -0.3 is 10.4 Å². The molecule has 0 aliphatic rings. The van der Waals surface area contributed by atoms with Crippen LogP contribution in [-0.4, -0.2) is 29.4 Å². The fraction of sp³-hybridized carbons (Fsp3) is 0.500. The Bertz CT molecular complexity index is 382. The van der Waals surface area contributed by atoms with Crippen molar-refractivity contribution in [1.82, 2.24) is 5.32 Å². The van der Waals surface area contributed by atoms with E-state index in [2.05, 4.69) is 5.32 Å². The minimum atomic E-state index is -0.294. The third-order valence-electron chi connectivity index (χ3n) is 2.53. The van der Waals surface area contributed by atoms with Crippen LogP contribution in [0, 0.1) is 0 Å². The van der Waals surface area contributed by atoms with Crippen molar-refractivity contribution in [1.29, 1.82) is 0 Å². The van der Waals surface area contributed by atoms with Gasteiger partial charge in [-0.15, -0.1) is 11.8 Å². The van der Waals surface area contributed by atoms with Crippen LogP contribution in [0.3, 0.4) is 0 Å². The fourth-order valence-corrected chi connectivity index (χ4v) is 2.48. The number of thioether (sulfide) groups is 1. The molecule has 1 rings (SSSR count). The average molecular weight is 302 g/mol. The van der Waals surface area contributed by atoms with Crippen LogP contribution < -0.4 is 5.32 Å². The first-order valence-electron chi connectivity index (χ1n) is 6.41. The highest BCUT2D eigenvalue weighted by atomic mass is 35.5. The summed E-state index contributed by atoms with van der Waals surface area (Å²) >= 11 is 7.44. The maximum absolute atomic E-state index is 11.5. The van der Waals surface area contributed by atoms with Gasteiger partial charge in [-0.3, -0.25) is 4.79 Å². The van der Waals surface area contributed by atoms with Crippen molar-refractivity contribution in [2.24, 2.45) is 0 Å². The van der Waals surface area contributed by atoms with Crippen molar-refractivity contribution in [2.75, 3.05) is 12.3 Å². The van der Waals surface area contributed by atoms with Crippen LogP contribution in [0.2, 0.25) is 5.02 Å². The summed E-state index contributed by atoms with van der Waals surface area (Å²) in [4.78, 5) is 12.6. The monoisotopic (exact) mass is 301 g/mol. The summed E-state index contributed by atoms with van der Waals surface area (Å²) in [6, 6.07) is 7.60. The van der Waals surface area contributed by atoms with Gasteiger partial charge in [-0.1, -0.05) is 11.6 Å². The van der Waals surface area contributed by atoms with E-state index in [9.17, 15) is 4.79 Å². The molecule has 19 heavy (non-hydrogen) atoms. The van der Waals surface area contributed by atoms with E-state index in [0.717, 1.165) is 28.5 Å². The van der Waals surface area contributed by atoms with Gasteiger partial charge in [0.2, 0.25) is 5.91 Å². The van der Waals surface area contributed by atoms with Crippen LogP contribution >= 0.6 is 23.4 Å². The van der Waals surface area contributed by atoms with Gasteiger partial charge in [-0.05, 0) is 44.0 Å². The summed E-state index contributed by atoms with van der Waals surface area (Å²) in [5.41, 5.74) is 0. The topological polar surface area (TPSA) is 49.3 Å². The molecule has 0 fully saturated rings. The summed E-state index contributed by atoms with van der Waals surface area (Å²) in [5.74, 6) is 0.816. The van der Waals surface area contributed by atoms with Crippen molar-refractivity contribution < 1.29 is 9.90 Å². The average Bonchev–Trinajstić information content (AvgIpc) is 2.37. The number of aliphatic hydroxyl groups excluding tert-OH is 1. The molecule has 1 unspecified atom stereocenters. The van der Waals surface area contributed by atoms with Gasteiger partial charge in [0.1, 0.15) is 0 Å². The summed E-state index contributed by atoms with van der Waals surface area (Å²) in [6.07, 6.45) is 1.74. The van der Waals surface area contributed by atoms with E-state index in [0.29, 0.717) is 13.0 Å². The van der Waals surface area contributed by atoms with E-state index in [-0.39, 0.29) is 12.0 Å². The lowest BCUT2D eigenvalue weighted by Crippen LogP contribution is -2.25. The van der Waals surface area contributed by atoms with Gasteiger partial charge in [0.05, 0.1) is 6.10 Å². The molecule has 0 saturated carbocycles. The van der Waals surface area contributed by atoms with E-state index >= 15 is 0 Å². The first-order valence-corrected chi connectivity index (χ1v) is 7.77. The van der Waals surface area contributed by atoms with Gasteiger partial charge in [0.25, 0.3) is 0 Å². The number of carbonyl (C=O) groups excluding carboxylic acids is 1. The molecule has 1 aromatic rings. The molecule has 1 atom stereocenters. The summed E-state index contributed by atoms with van der Waals surface area (Å²) in [5, 5.41) is 12.7. The molecule has 3 nitrogen and oxygen atoms in total. The van der Waals surface area contributed by atoms with E-state index < -0.39 is 0 Å². The lowest BCUT2D eigenvalue weighted by molar-refractivity contribution is -0.120. The Hall–Kier alpha value is -0.710. The van der Waals surface area contributed by atoms with E-state index in [1.165, 1.54) is 0 Å². The van der Waals surface area contributed by atoms with E-state index in [1.807, 2.05) is 24.3 Å². The Morgan fingerprint density at radius 1 is 1.42 bits per heavy atom. The highest BCUT2D eigenvalue weighted by Gasteiger charge is 2.02. The maximum Gasteiger partial charge on any atom is 0.220 e. The second-order valence-electron chi connectivity index (χ2n) is 4.39. The van der Waals surface area contributed by atoms with Gasteiger partial charge >= 0.3 is 0 Å². The van der Waals surface area contributed by atoms with Gasteiger partial charge in [0, 0.05) is 28.6 Å². The smallest absolute Gasteiger partial charge is 0.220 e. The minimum absolute atomic E-state index is 0.0621. The van der Waals surface area contributed by atoms with E-state index in [1.54, 1.807) is 18.7 Å². The molecule has 5 heteroatoms. The molecule has 1 amide bonds. The highest BCUT2D eigenvalue weighted by Crippen LogP contribution is 2.20. The minimum Gasteiger partial charge on any atom is -0.393 e. The molecule has 0 spiro atoms. The number of amides is 1. The van der Waals surface area contributed by atoms with Crippen LogP contribution in [0.25, 0.3) is 0 Å². The molecular formula is C14H20ClNO2S. The molecular weight excluding hydrogens is 282 g/mol. The van der Waals surface area contributed by atoms with Crippen molar-refractivity contribution in [3.8, 4) is 0 Å². The lowest BCUT2D eigenvalue weighted by atomic mass is 10.2. The molecule has 2 N–H and O–H groups in total. The van der Waals surface area contributed by atoms with Crippen molar-refractivity contribution >= 4 is 29.3 Å².